The molecule has 0 aliphatic heterocycles. The molecule has 2 rings (SSSR count). The van der Waals surface area contributed by atoms with Crippen LogP contribution in [-0.4, -0.2) is 31.3 Å². The van der Waals surface area contributed by atoms with Gasteiger partial charge in [0.1, 0.15) is 6.33 Å². The van der Waals surface area contributed by atoms with Crippen LogP contribution in [0.25, 0.3) is 11.2 Å². The number of rotatable bonds is 1. The van der Waals surface area contributed by atoms with Crippen LogP contribution in [0.2, 0.25) is 0 Å². The minimum absolute atomic E-state index is 0.0157. The standard InChI is InChI=1S/C9H9N5O3/c1-4(15)11-9-12-7-6(8(17)13-9)10-3-14(7)5(2)16/h3H,1-2H3,(H2,11,12,13,15,17)/i6+1,7+1,10+1. The molecule has 8 nitrogen and oxygen atoms in total. The Kier molecular flexibility index (Phi) is 2.47. The maximum Gasteiger partial charge on any atom is 0.280 e. The van der Waals surface area contributed by atoms with Gasteiger partial charge in [-0.25, -0.2) is 4.98 Å². The molecule has 0 aliphatic rings. The minimum atomic E-state index is -0.515. The predicted octanol–water partition coefficient (Wildman–Crippen LogP) is -0.262. The normalized spacial score (nSPS) is 10.5. The highest BCUT2D eigenvalue weighted by Gasteiger charge is 2.12. The number of H-pyrrole nitrogens is 1. The van der Waals surface area contributed by atoms with Gasteiger partial charge in [0.05, 0.1) is 0 Å². The number of carbonyl (C=O) groups is 2. The fourth-order valence-electron chi connectivity index (χ4n) is 1.37. The third-order valence-corrected chi connectivity index (χ3v) is 2.04. The Hall–Kier alpha value is -2.51. The first-order valence-corrected chi connectivity index (χ1v) is 4.75. The highest BCUT2D eigenvalue weighted by Crippen LogP contribution is 2.07. The van der Waals surface area contributed by atoms with Gasteiger partial charge in [0.25, 0.3) is 5.56 Å². The summed E-state index contributed by atoms with van der Waals surface area (Å²) in [6, 6.07) is 0. The monoisotopic (exact) mass is 238 g/mol. The van der Waals surface area contributed by atoms with Crippen LogP contribution in [0, 0.1) is 0 Å². The Morgan fingerprint density at radius 3 is 2.71 bits per heavy atom. The lowest BCUT2D eigenvalue weighted by Crippen LogP contribution is -2.17. The number of hydrogen-bond acceptors (Lipinski definition) is 5. The molecule has 0 unspecified atom stereocenters. The van der Waals surface area contributed by atoms with E-state index in [2.05, 4.69) is 20.3 Å². The molecule has 0 saturated carbocycles. The zero-order chi connectivity index (χ0) is 12.6. The molecule has 2 aromatic heterocycles. The Bertz CT molecular complexity index is 669. The van der Waals surface area contributed by atoms with Crippen LogP contribution in [-0.2, 0) is 4.79 Å². The van der Waals surface area contributed by atoms with Gasteiger partial charge in [0.2, 0.25) is 17.8 Å². The number of hydrogen-bond donors (Lipinski definition) is 2. The second-order valence-corrected chi connectivity index (χ2v) is 3.40. The highest BCUT2D eigenvalue weighted by atomic mass is 16.2. The lowest BCUT2D eigenvalue weighted by atomic mass is 10.7. The minimum Gasteiger partial charge on any atom is -0.296 e. The molecule has 17 heavy (non-hydrogen) atoms. The zero-order valence-corrected chi connectivity index (χ0v) is 9.14. The third-order valence-electron chi connectivity index (χ3n) is 2.04. The fourth-order valence-corrected chi connectivity index (χ4v) is 1.37. The molecule has 0 bridgehead atoms. The Balaban J connectivity index is 2.69. The van der Waals surface area contributed by atoms with Crippen LogP contribution in [0.5, 0.6) is 0 Å². The van der Waals surface area contributed by atoms with E-state index in [0.29, 0.717) is 0 Å². The molecule has 2 aromatic rings. The summed E-state index contributed by atoms with van der Waals surface area (Å²) in [5.74, 6) is -0.709. The van der Waals surface area contributed by atoms with Crippen molar-refractivity contribution < 1.29 is 9.59 Å². The molecule has 1 amide bonds. The molecular weight excluding hydrogens is 229 g/mol. The maximum absolute atomic E-state index is 11.6. The van der Waals surface area contributed by atoms with Crippen molar-refractivity contribution in [2.24, 2.45) is 0 Å². The summed E-state index contributed by atoms with van der Waals surface area (Å²) in [4.78, 5) is 43.8. The molecule has 0 atom stereocenters. The number of anilines is 1. The second kappa shape index (κ2) is 3.81. The SMILES string of the molecule is CC(=O)Nc1n[13c]2[13c]([15n]cn2C(C)=O)c(=O)[nH]1. The van der Waals surface area contributed by atoms with Gasteiger partial charge in [-0.2, -0.15) is 4.98 Å². The van der Waals surface area contributed by atoms with Crippen LogP contribution in [0.4, 0.5) is 5.95 Å². The van der Waals surface area contributed by atoms with Gasteiger partial charge in [0, 0.05) is 13.8 Å². The lowest BCUT2D eigenvalue weighted by Gasteiger charge is -2.01. The smallest absolute Gasteiger partial charge is 0.280 e. The van der Waals surface area contributed by atoms with Gasteiger partial charge in [-0.15, -0.1) is 0 Å². The molecule has 2 heterocycles. The zero-order valence-electron chi connectivity index (χ0n) is 9.14. The Morgan fingerprint density at radius 2 is 2.12 bits per heavy atom. The van der Waals surface area contributed by atoms with E-state index in [1.165, 1.54) is 20.2 Å². The van der Waals surface area contributed by atoms with Crippen molar-refractivity contribution >= 4 is 28.9 Å². The maximum atomic E-state index is 11.6. The number of nitrogens with zero attached hydrogens (tertiary/aromatic N) is 3. The van der Waals surface area contributed by atoms with Crippen LogP contribution in [0.1, 0.15) is 18.6 Å². The molecule has 0 saturated heterocycles. The molecule has 0 fully saturated rings. The van der Waals surface area contributed by atoms with Gasteiger partial charge in [0.15, 0.2) is 11.2 Å². The fraction of sp³-hybridized carbons (Fsp3) is 0.222. The van der Waals surface area contributed by atoms with Gasteiger partial charge >= 0.3 is 0 Å². The van der Waals surface area contributed by atoms with E-state index >= 15 is 0 Å². The largest absolute Gasteiger partial charge is 0.296 e. The van der Waals surface area contributed by atoms with Gasteiger partial charge < -0.3 is 0 Å². The van der Waals surface area contributed by atoms with E-state index in [4.69, 9.17) is 0 Å². The van der Waals surface area contributed by atoms with Crippen molar-refractivity contribution in [3.8, 4) is 0 Å². The molecule has 8 heteroatoms. The highest BCUT2D eigenvalue weighted by molar-refractivity contribution is 5.89. The average molecular weight is 238 g/mol. The number of carbonyl (C=O) groups excluding carboxylic acids is 2. The second-order valence-electron chi connectivity index (χ2n) is 3.40. The number of aromatic nitrogens is 4. The van der Waals surface area contributed by atoms with E-state index in [-0.39, 0.29) is 28.9 Å². The number of aromatic amines is 1. The average Bonchev–Trinajstić information content (AvgIpc) is 2.60. The van der Waals surface area contributed by atoms with Gasteiger partial charge in [-0.3, -0.25) is 29.3 Å². The van der Waals surface area contributed by atoms with Crippen molar-refractivity contribution in [3.63, 3.8) is 0 Å². The molecule has 0 aliphatic carbocycles. The molecule has 0 spiro atoms. The van der Waals surface area contributed by atoms with Crippen LogP contribution < -0.4 is 10.9 Å². The molecule has 88 valence electrons. The van der Waals surface area contributed by atoms with Crippen molar-refractivity contribution in [2.45, 2.75) is 13.8 Å². The first-order chi connectivity index (χ1) is 7.99. The van der Waals surface area contributed by atoms with Gasteiger partial charge in [-0.1, -0.05) is 0 Å². The van der Waals surface area contributed by atoms with Crippen LogP contribution >= 0.6 is 0 Å². The number of imidazole rings is 1. The lowest BCUT2D eigenvalue weighted by molar-refractivity contribution is -0.114. The first-order valence-electron chi connectivity index (χ1n) is 4.75. The molecule has 0 aromatic carbocycles. The van der Waals surface area contributed by atoms with Crippen molar-refractivity contribution in [1.29, 1.82) is 0 Å². The van der Waals surface area contributed by atoms with E-state index in [0.717, 1.165) is 4.57 Å². The summed E-state index contributed by atoms with van der Waals surface area (Å²) in [7, 11) is 0. The summed E-state index contributed by atoms with van der Waals surface area (Å²) in [6.45, 7) is 2.61. The number of fused-ring (bicyclic) bond motifs is 1. The van der Waals surface area contributed by atoms with E-state index in [9.17, 15) is 14.4 Å². The Morgan fingerprint density at radius 1 is 1.41 bits per heavy atom. The van der Waals surface area contributed by atoms with Crippen LogP contribution in [0.3, 0.4) is 0 Å². The summed E-state index contributed by atoms with van der Waals surface area (Å²) in [5.41, 5.74) is -0.349. The third kappa shape index (κ3) is 1.92. The number of nitrogens with one attached hydrogen (secondary N) is 2. The predicted molar refractivity (Wildman–Crippen MR) is 58.8 cm³/mol. The van der Waals surface area contributed by atoms with Crippen LogP contribution in [0.15, 0.2) is 11.1 Å². The van der Waals surface area contributed by atoms with Gasteiger partial charge in [-0.05, 0) is 0 Å². The van der Waals surface area contributed by atoms with E-state index in [1.807, 2.05) is 0 Å². The summed E-state index contributed by atoms with van der Waals surface area (Å²) in [6.07, 6.45) is 1.22. The summed E-state index contributed by atoms with van der Waals surface area (Å²) >= 11 is 0. The van der Waals surface area contributed by atoms with E-state index in [1.54, 1.807) is 0 Å². The van der Waals surface area contributed by atoms with Crippen molar-refractivity contribution in [1.82, 2.24) is 19.5 Å². The number of amides is 1. The van der Waals surface area contributed by atoms with Crippen molar-refractivity contribution in [2.75, 3.05) is 5.32 Å². The molecular formula is C9H9N5O3. The summed E-state index contributed by atoms with van der Waals surface area (Å²) < 4.78 is 1.13. The quantitative estimate of drug-likeness (QED) is 0.711. The molecule has 0 radical (unpaired) electrons. The first kappa shape index (κ1) is 11.0. The Labute approximate surface area is 94.7 Å². The molecule has 2 N–H and O–H groups in total. The van der Waals surface area contributed by atoms with Crippen molar-refractivity contribution in [3.05, 3.63) is 16.7 Å². The topological polar surface area (TPSA) is 110 Å². The van der Waals surface area contributed by atoms with E-state index < -0.39 is 5.56 Å². The summed E-state index contributed by atoms with van der Waals surface area (Å²) in [5, 5.41) is 2.34.